The van der Waals surface area contributed by atoms with Crippen molar-refractivity contribution >= 4 is 5.91 Å². The lowest BCUT2D eigenvalue weighted by molar-refractivity contribution is 0.0587. The van der Waals surface area contributed by atoms with Crippen LogP contribution in [0.1, 0.15) is 54.6 Å². The van der Waals surface area contributed by atoms with Crippen LogP contribution in [0.4, 0.5) is 0 Å². The fraction of sp³-hybridized carbons (Fsp3) is 0.714. The van der Waals surface area contributed by atoms with Gasteiger partial charge in [-0.1, -0.05) is 12.8 Å². The first kappa shape index (κ1) is 11.8. The third-order valence-corrected chi connectivity index (χ3v) is 4.84. The summed E-state index contributed by atoms with van der Waals surface area (Å²) in [5.41, 5.74) is 2.18. The third-order valence-electron chi connectivity index (χ3n) is 4.84. The van der Waals surface area contributed by atoms with Crippen LogP contribution < -0.4 is 0 Å². The number of H-pyrrole nitrogens is 1. The van der Waals surface area contributed by atoms with E-state index in [1.807, 2.05) is 11.8 Å². The summed E-state index contributed by atoms with van der Waals surface area (Å²) in [6.07, 6.45) is 9.55. The van der Waals surface area contributed by atoms with E-state index < -0.39 is 0 Å². The van der Waals surface area contributed by atoms with Crippen molar-refractivity contribution in [1.29, 1.82) is 0 Å². The minimum atomic E-state index is 0.147. The molecule has 3 rings (SSSR count). The standard InChI is InChI=1S/C14H21N3O/c1-11-12(10-15-16-11)13(18)17-8-6-14(7-9-17)4-2-3-5-14/h10H,2-9H2,1H3,(H,15,16). The molecule has 1 aromatic rings. The fourth-order valence-electron chi connectivity index (χ4n) is 3.55. The summed E-state index contributed by atoms with van der Waals surface area (Å²) in [5.74, 6) is 0.147. The lowest BCUT2D eigenvalue weighted by Crippen LogP contribution is -2.42. The van der Waals surface area contributed by atoms with Crippen molar-refractivity contribution in [2.45, 2.75) is 45.4 Å². The molecule has 1 aromatic heterocycles. The van der Waals surface area contributed by atoms with E-state index in [0.29, 0.717) is 5.41 Å². The Balaban J connectivity index is 1.66. The minimum absolute atomic E-state index is 0.147. The molecule has 0 bridgehead atoms. The SMILES string of the molecule is Cc1[nH]ncc1C(=O)N1CCC2(CCCC2)CC1. The van der Waals surface area contributed by atoms with E-state index in [-0.39, 0.29) is 5.91 Å². The quantitative estimate of drug-likeness (QED) is 0.829. The number of hydrogen-bond acceptors (Lipinski definition) is 2. The second kappa shape index (κ2) is 4.41. The highest BCUT2D eigenvalue weighted by Gasteiger charge is 2.38. The van der Waals surface area contributed by atoms with Gasteiger partial charge in [0.05, 0.1) is 11.8 Å². The van der Waals surface area contributed by atoms with Crippen LogP contribution >= 0.6 is 0 Å². The Hall–Kier alpha value is -1.32. The van der Waals surface area contributed by atoms with E-state index in [0.717, 1.165) is 24.3 Å². The molecule has 2 heterocycles. The molecule has 18 heavy (non-hydrogen) atoms. The maximum Gasteiger partial charge on any atom is 0.257 e. The van der Waals surface area contributed by atoms with E-state index in [4.69, 9.17) is 0 Å². The van der Waals surface area contributed by atoms with Crippen molar-refractivity contribution in [2.24, 2.45) is 5.41 Å². The van der Waals surface area contributed by atoms with E-state index in [2.05, 4.69) is 10.2 Å². The topological polar surface area (TPSA) is 49.0 Å². The van der Waals surface area contributed by atoms with Crippen molar-refractivity contribution in [1.82, 2.24) is 15.1 Å². The van der Waals surface area contributed by atoms with Crippen LogP contribution in [0.2, 0.25) is 0 Å². The van der Waals surface area contributed by atoms with Gasteiger partial charge in [-0.15, -0.1) is 0 Å². The summed E-state index contributed by atoms with van der Waals surface area (Å²) in [5, 5.41) is 6.78. The summed E-state index contributed by atoms with van der Waals surface area (Å²) in [7, 11) is 0. The first-order valence-electron chi connectivity index (χ1n) is 6.99. The van der Waals surface area contributed by atoms with Crippen LogP contribution in [-0.4, -0.2) is 34.1 Å². The van der Waals surface area contributed by atoms with Gasteiger partial charge in [-0.2, -0.15) is 5.10 Å². The molecule has 4 heteroatoms. The maximum absolute atomic E-state index is 12.4. The average Bonchev–Trinajstić information content (AvgIpc) is 2.99. The maximum atomic E-state index is 12.4. The monoisotopic (exact) mass is 247 g/mol. The highest BCUT2D eigenvalue weighted by atomic mass is 16.2. The predicted molar refractivity (Wildman–Crippen MR) is 69.4 cm³/mol. The number of aryl methyl sites for hydroxylation is 1. The molecule has 1 saturated carbocycles. The average molecular weight is 247 g/mol. The zero-order chi connectivity index (χ0) is 12.6. The summed E-state index contributed by atoms with van der Waals surface area (Å²) in [6, 6.07) is 0. The number of nitrogens with one attached hydrogen (secondary N) is 1. The lowest BCUT2D eigenvalue weighted by atomic mass is 9.77. The van der Waals surface area contributed by atoms with Gasteiger partial charge < -0.3 is 4.90 Å². The normalized spacial score (nSPS) is 22.6. The van der Waals surface area contributed by atoms with Crippen LogP contribution in [0, 0.1) is 12.3 Å². The molecule has 2 aliphatic rings. The number of carbonyl (C=O) groups excluding carboxylic acids is 1. The first-order valence-corrected chi connectivity index (χ1v) is 6.99. The van der Waals surface area contributed by atoms with Gasteiger partial charge >= 0.3 is 0 Å². The molecule has 0 radical (unpaired) electrons. The molecule has 1 N–H and O–H groups in total. The van der Waals surface area contributed by atoms with Crippen LogP contribution in [0.25, 0.3) is 0 Å². The molecule has 1 aliphatic carbocycles. The van der Waals surface area contributed by atoms with Crippen molar-refractivity contribution < 1.29 is 4.79 Å². The van der Waals surface area contributed by atoms with Gasteiger partial charge in [-0.05, 0) is 38.0 Å². The molecule has 0 unspecified atom stereocenters. The summed E-state index contributed by atoms with van der Waals surface area (Å²) >= 11 is 0. The highest BCUT2D eigenvalue weighted by molar-refractivity contribution is 5.95. The molecule has 2 fully saturated rings. The van der Waals surface area contributed by atoms with E-state index in [9.17, 15) is 4.79 Å². The molecule has 4 nitrogen and oxygen atoms in total. The van der Waals surface area contributed by atoms with Crippen molar-refractivity contribution in [3.63, 3.8) is 0 Å². The Morgan fingerprint density at radius 3 is 2.50 bits per heavy atom. The first-order chi connectivity index (χ1) is 8.70. The van der Waals surface area contributed by atoms with Crippen LogP contribution in [0.5, 0.6) is 0 Å². The molecule has 1 amide bonds. The third kappa shape index (κ3) is 1.93. The summed E-state index contributed by atoms with van der Waals surface area (Å²) < 4.78 is 0. The van der Waals surface area contributed by atoms with Crippen molar-refractivity contribution in [3.05, 3.63) is 17.5 Å². The number of amides is 1. The Labute approximate surface area is 108 Å². The molecular weight excluding hydrogens is 226 g/mol. The molecule has 1 spiro atoms. The van der Waals surface area contributed by atoms with E-state index in [1.165, 1.54) is 38.5 Å². The molecule has 1 saturated heterocycles. The second-order valence-electron chi connectivity index (χ2n) is 5.91. The van der Waals surface area contributed by atoms with Crippen molar-refractivity contribution in [3.8, 4) is 0 Å². The summed E-state index contributed by atoms with van der Waals surface area (Å²) in [6.45, 7) is 3.75. The van der Waals surface area contributed by atoms with Gasteiger partial charge in [0.25, 0.3) is 5.91 Å². The van der Waals surface area contributed by atoms with Crippen LogP contribution in [-0.2, 0) is 0 Å². The fourth-order valence-corrected chi connectivity index (χ4v) is 3.55. The Morgan fingerprint density at radius 2 is 1.94 bits per heavy atom. The van der Waals surface area contributed by atoms with Gasteiger partial charge in [0.15, 0.2) is 0 Å². The smallest absolute Gasteiger partial charge is 0.257 e. The Bertz CT molecular complexity index is 436. The van der Waals surface area contributed by atoms with Gasteiger partial charge in [0.2, 0.25) is 0 Å². The van der Waals surface area contributed by atoms with E-state index >= 15 is 0 Å². The van der Waals surface area contributed by atoms with Crippen LogP contribution in [0.3, 0.4) is 0 Å². The number of carbonyl (C=O) groups is 1. The second-order valence-corrected chi connectivity index (χ2v) is 5.91. The highest BCUT2D eigenvalue weighted by Crippen LogP contribution is 2.46. The van der Waals surface area contributed by atoms with Gasteiger partial charge in [0.1, 0.15) is 0 Å². The van der Waals surface area contributed by atoms with Crippen molar-refractivity contribution in [2.75, 3.05) is 13.1 Å². The number of likely N-dealkylation sites (tertiary alicyclic amines) is 1. The molecular formula is C14H21N3O. The zero-order valence-corrected chi connectivity index (χ0v) is 11.0. The molecule has 1 aliphatic heterocycles. The van der Waals surface area contributed by atoms with E-state index in [1.54, 1.807) is 6.20 Å². The lowest BCUT2D eigenvalue weighted by Gasteiger charge is -2.39. The Kier molecular flexibility index (Phi) is 2.88. The molecule has 0 atom stereocenters. The number of hydrogen-bond donors (Lipinski definition) is 1. The number of aromatic amines is 1. The number of nitrogens with zero attached hydrogens (tertiary/aromatic N) is 2. The number of aromatic nitrogens is 2. The number of piperidine rings is 1. The summed E-state index contributed by atoms with van der Waals surface area (Å²) in [4.78, 5) is 14.4. The predicted octanol–water partition coefficient (Wildman–Crippen LogP) is 2.51. The van der Waals surface area contributed by atoms with Gasteiger partial charge in [-0.3, -0.25) is 9.89 Å². The van der Waals surface area contributed by atoms with Gasteiger partial charge in [-0.25, -0.2) is 0 Å². The largest absolute Gasteiger partial charge is 0.339 e. The van der Waals surface area contributed by atoms with Crippen LogP contribution in [0.15, 0.2) is 6.20 Å². The molecule has 0 aromatic carbocycles. The minimum Gasteiger partial charge on any atom is -0.339 e. The molecule has 98 valence electrons. The Morgan fingerprint density at radius 1 is 1.28 bits per heavy atom. The zero-order valence-electron chi connectivity index (χ0n) is 11.0. The van der Waals surface area contributed by atoms with Gasteiger partial charge in [0, 0.05) is 18.8 Å². The number of rotatable bonds is 1.